The van der Waals surface area contributed by atoms with Gasteiger partial charge in [0.25, 0.3) is 5.56 Å². The lowest BCUT2D eigenvalue weighted by Gasteiger charge is -2.36. The number of aryl methyl sites for hydroxylation is 1. The molecule has 7 heteroatoms. The molecule has 4 heterocycles. The maximum Gasteiger partial charge on any atom is 0.253 e. The third-order valence-electron chi connectivity index (χ3n) is 6.71. The van der Waals surface area contributed by atoms with Crippen LogP contribution < -0.4 is 15.8 Å². The van der Waals surface area contributed by atoms with Crippen LogP contribution in [0.3, 0.4) is 0 Å². The van der Waals surface area contributed by atoms with E-state index < -0.39 is 0 Å². The maximum atomic E-state index is 12.5. The van der Waals surface area contributed by atoms with Crippen LogP contribution in [-0.4, -0.2) is 47.6 Å². The summed E-state index contributed by atoms with van der Waals surface area (Å²) in [5.41, 5.74) is 7.07. The number of rotatable bonds is 3. The number of hydrogen-bond acceptors (Lipinski definition) is 6. The zero-order chi connectivity index (χ0) is 21.7. The molecule has 164 valence electrons. The highest BCUT2D eigenvalue weighted by Gasteiger charge is 2.20. The molecule has 32 heavy (non-hydrogen) atoms. The SMILES string of the molecule is Cc1nc2ccc(N3CCN(Cc4ccc5c6c(c(=O)[nH]c5c4)CCCN6)CC3)cc2o1. The predicted octanol–water partition coefficient (Wildman–Crippen LogP) is 3.66. The Morgan fingerprint density at radius 1 is 1.09 bits per heavy atom. The first-order valence-electron chi connectivity index (χ1n) is 11.4. The molecule has 6 rings (SSSR count). The van der Waals surface area contributed by atoms with Gasteiger partial charge in [-0.15, -0.1) is 0 Å². The van der Waals surface area contributed by atoms with Crippen LogP contribution in [-0.2, 0) is 13.0 Å². The molecule has 7 nitrogen and oxygen atoms in total. The van der Waals surface area contributed by atoms with Crippen molar-refractivity contribution in [2.75, 3.05) is 42.9 Å². The number of piperazine rings is 1. The van der Waals surface area contributed by atoms with Crippen molar-refractivity contribution in [3.63, 3.8) is 0 Å². The Morgan fingerprint density at radius 2 is 1.97 bits per heavy atom. The first-order valence-corrected chi connectivity index (χ1v) is 11.4. The minimum Gasteiger partial charge on any atom is -0.441 e. The zero-order valence-electron chi connectivity index (χ0n) is 18.3. The molecule has 0 spiro atoms. The van der Waals surface area contributed by atoms with Crippen molar-refractivity contribution in [1.82, 2.24) is 14.9 Å². The third-order valence-corrected chi connectivity index (χ3v) is 6.71. The van der Waals surface area contributed by atoms with Crippen molar-refractivity contribution < 1.29 is 4.42 Å². The molecule has 2 aliphatic heterocycles. The van der Waals surface area contributed by atoms with E-state index in [2.05, 4.69) is 55.4 Å². The average molecular weight is 430 g/mol. The molecule has 0 bridgehead atoms. The maximum absolute atomic E-state index is 12.5. The van der Waals surface area contributed by atoms with Crippen LogP contribution >= 0.6 is 0 Å². The molecule has 0 radical (unpaired) electrons. The summed E-state index contributed by atoms with van der Waals surface area (Å²) < 4.78 is 5.70. The number of nitrogens with one attached hydrogen (secondary N) is 2. The number of H-pyrrole nitrogens is 1. The Hall–Kier alpha value is -3.32. The molecular formula is C25H27N5O2. The monoisotopic (exact) mass is 429 g/mol. The first-order chi connectivity index (χ1) is 15.6. The lowest BCUT2D eigenvalue weighted by atomic mass is 10.0. The number of nitrogens with zero attached hydrogens (tertiary/aromatic N) is 3. The summed E-state index contributed by atoms with van der Waals surface area (Å²) in [7, 11) is 0. The fraction of sp³-hybridized carbons (Fsp3) is 0.360. The van der Waals surface area contributed by atoms with Gasteiger partial charge in [0.2, 0.25) is 0 Å². The zero-order valence-corrected chi connectivity index (χ0v) is 18.3. The smallest absolute Gasteiger partial charge is 0.253 e. The van der Waals surface area contributed by atoms with Crippen molar-refractivity contribution >= 4 is 33.4 Å². The Kier molecular flexibility index (Phi) is 4.64. The van der Waals surface area contributed by atoms with Crippen LogP contribution in [0.2, 0.25) is 0 Å². The van der Waals surface area contributed by atoms with Gasteiger partial charge in [-0.05, 0) is 36.6 Å². The molecule has 1 fully saturated rings. The normalized spacial score (nSPS) is 17.0. The summed E-state index contributed by atoms with van der Waals surface area (Å²) in [6.07, 6.45) is 1.86. The van der Waals surface area contributed by atoms with E-state index in [0.717, 1.165) is 85.4 Å². The van der Waals surface area contributed by atoms with Crippen molar-refractivity contribution in [1.29, 1.82) is 0 Å². The molecule has 2 aromatic heterocycles. The highest BCUT2D eigenvalue weighted by atomic mass is 16.3. The van der Waals surface area contributed by atoms with Gasteiger partial charge in [0, 0.05) is 68.9 Å². The van der Waals surface area contributed by atoms with Crippen molar-refractivity contribution in [3.05, 3.63) is 63.8 Å². The van der Waals surface area contributed by atoms with Gasteiger partial charge in [0.15, 0.2) is 11.5 Å². The van der Waals surface area contributed by atoms with E-state index in [4.69, 9.17) is 4.42 Å². The second kappa shape index (κ2) is 7.67. The molecule has 1 saturated heterocycles. The number of benzene rings is 2. The fourth-order valence-electron chi connectivity index (χ4n) is 5.05. The van der Waals surface area contributed by atoms with E-state index in [1.165, 1.54) is 11.3 Å². The van der Waals surface area contributed by atoms with Gasteiger partial charge in [-0.2, -0.15) is 0 Å². The van der Waals surface area contributed by atoms with E-state index in [0.29, 0.717) is 5.89 Å². The third kappa shape index (κ3) is 3.42. The minimum atomic E-state index is 0.0457. The van der Waals surface area contributed by atoms with Crippen LogP contribution in [0.15, 0.2) is 45.6 Å². The molecule has 0 aliphatic carbocycles. The van der Waals surface area contributed by atoms with Gasteiger partial charge in [-0.25, -0.2) is 4.98 Å². The van der Waals surface area contributed by atoms with E-state index in [9.17, 15) is 4.79 Å². The average Bonchev–Trinajstić information content (AvgIpc) is 3.19. The van der Waals surface area contributed by atoms with Crippen molar-refractivity contribution in [3.8, 4) is 0 Å². The van der Waals surface area contributed by atoms with Crippen molar-refractivity contribution in [2.24, 2.45) is 0 Å². The predicted molar refractivity (Wildman–Crippen MR) is 128 cm³/mol. The van der Waals surface area contributed by atoms with Crippen molar-refractivity contribution in [2.45, 2.75) is 26.3 Å². The van der Waals surface area contributed by atoms with Gasteiger partial charge >= 0.3 is 0 Å². The standard InChI is InChI=1S/C25H27N5O2/c1-16-27-21-7-5-18(14-23(21)32-16)30-11-9-29(10-12-30)15-17-4-6-19-22(13-17)28-25(31)20-3-2-8-26-24(19)20/h4-7,13-14,26H,2-3,8-12,15H2,1H3,(H,28,31). The van der Waals surface area contributed by atoms with E-state index in [-0.39, 0.29) is 5.56 Å². The van der Waals surface area contributed by atoms with E-state index in [1.54, 1.807) is 0 Å². The second-order valence-corrected chi connectivity index (χ2v) is 8.87. The number of hydrogen-bond donors (Lipinski definition) is 2. The molecule has 0 saturated carbocycles. The number of aromatic nitrogens is 2. The number of fused-ring (bicyclic) bond motifs is 4. The highest BCUT2D eigenvalue weighted by molar-refractivity contribution is 5.93. The Morgan fingerprint density at radius 3 is 2.84 bits per heavy atom. The molecule has 4 aromatic rings. The van der Waals surface area contributed by atoms with Gasteiger partial charge in [-0.1, -0.05) is 12.1 Å². The van der Waals surface area contributed by atoms with E-state index in [1.807, 2.05) is 13.0 Å². The summed E-state index contributed by atoms with van der Waals surface area (Å²) in [5.74, 6) is 0.704. The number of aromatic amines is 1. The van der Waals surface area contributed by atoms with Crippen LogP contribution in [0.25, 0.3) is 22.0 Å². The van der Waals surface area contributed by atoms with Crippen LogP contribution in [0.4, 0.5) is 11.4 Å². The highest BCUT2D eigenvalue weighted by Crippen LogP contribution is 2.28. The second-order valence-electron chi connectivity index (χ2n) is 8.87. The summed E-state index contributed by atoms with van der Waals surface area (Å²) in [5, 5.41) is 4.55. The first kappa shape index (κ1) is 19.4. The lowest BCUT2D eigenvalue weighted by molar-refractivity contribution is 0.250. The molecule has 2 aromatic carbocycles. The molecule has 0 atom stereocenters. The number of oxazole rings is 1. The molecule has 0 unspecified atom stereocenters. The van der Waals surface area contributed by atoms with Gasteiger partial charge in [0.05, 0.1) is 11.2 Å². The number of anilines is 2. The van der Waals surface area contributed by atoms with Crippen LogP contribution in [0, 0.1) is 6.92 Å². The molecule has 0 amide bonds. The summed E-state index contributed by atoms with van der Waals surface area (Å²) in [6.45, 7) is 7.63. The topological polar surface area (TPSA) is 77.4 Å². The largest absolute Gasteiger partial charge is 0.441 e. The molecule has 2 aliphatic rings. The van der Waals surface area contributed by atoms with Crippen LogP contribution in [0.5, 0.6) is 0 Å². The summed E-state index contributed by atoms with van der Waals surface area (Å²) in [6, 6.07) is 12.8. The van der Waals surface area contributed by atoms with E-state index >= 15 is 0 Å². The van der Waals surface area contributed by atoms with Crippen LogP contribution in [0.1, 0.15) is 23.4 Å². The van der Waals surface area contributed by atoms with Gasteiger partial charge < -0.3 is 19.6 Å². The summed E-state index contributed by atoms with van der Waals surface area (Å²) in [4.78, 5) is 24.9. The Bertz CT molecular complexity index is 1360. The Balaban J connectivity index is 1.16. The number of pyridine rings is 1. The minimum absolute atomic E-state index is 0.0457. The molecule has 2 N–H and O–H groups in total. The fourth-order valence-corrected chi connectivity index (χ4v) is 5.05. The summed E-state index contributed by atoms with van der Waals surface area (Å²) >= 11 is 0. The Labute approximate surface area is 186 Å². The quantitative estimate of drug-likeness (QED) is 0.518. The lowest BCUT2D eigenvalue weighted by Crippen LogP contribution is -2.45. The molecular weight excluding hydrogens is 402 g/mol. The van der Waals surface area contributed by atoms with Gasteiger partial charge in [0.1, 0.15) is 5.52 Å². The van der Waals surface area contributed by atoms with Gasteiger partial charge in [-0.3, -0.25) is 9.69 Å².